The second-order valence-electron chi connectivity index (χ2n) is 14.9. The van der Waals surface area contributed by atoms with E-state index in [1.165, 1.54) is 0 Å². The van der Waals surface area contributed by atoms with Crippen molar-refractivity contribution in [3.63, 3.8) is 0 Å². The molecule has 0 spiro atoms. The molecule has 214 valence electrons. The molecule has 1 N–H and O–H groups in total. The molecule has 1 fully saturated rings. The molecular weight excluding hydrogens is 474 g/mol. The number of hydrogen-bond acceptors (Lipinski definition) is 4. The van der Waals surface area contributed by atoms with Crippen LogP contribution in [-0.4, -0.2) is 22.6 Å². The van der Waals surface area contributed by atoms with Crippen LogP contribution in [0.3, 0.4) is 0 Å². The number of rotatable bonds is 12. The van der Waals surface area contributed by atoms with Gasteiger partial charge in [0.2, 0.25) is 0 Å². The average Bonchev–Trinajstić information content (AvgIpc) is 2.81. The molecule has 0 unspecified atom stereocenters. The quantitative estimate of drug-likeness (QED) is 0.276. The molecule has 0 heterocycles. The van der Waals surface area contributed by atoms with Crippen LogP contribution in [0, 0.1) is 56.2 Å². The zero-order valence-corrected chi connectivity index (χ0v) is 25.8. The SMILES string of the molecule is CCCC(C)(C)CC[C@@](C)(CCC(C)(C)[C@]1(C)CC[C@H]2[C@H](C)C(=O)C(C#N)=C[C@]2(C)[C@H]1CC(C)=O)C(=O)O. The van der Waals surface area contributed by atoms with Crippen LogP contribution in [0.15, 0.2) is 11.6 Å². The smallest absolute Gasteiger partial charge is 0.309 e. The van der Waals surface area contributed by atoms with Gasteiger partial charge in [0.1, 0.15) is 11.9 Å². The van der Waals surface area contributed by atoms with Gasteiger partial charge in [-0.15, -0.1) is 0 Å². The third kappa shape index (κ3) is 6.10. The monoisotopic (exact) mass is 527 g/mol. The summed E-state index contributed by atoms with van der Waals surface area (Å²) in [5, 5.41) is 20.0. The Balaban J connectivity index is 2.44. The van der Waals surface area contributed by atoms with E-state index >= 15 is 0 Å². The minimum absolute atomic E-state index is 0.0419. The molecule has 0 bridgehead atoms. The van der Waals surface area contributed by atoms with Crippen LogP contribution in [0.5, 0.6) is 0 Å². The first-order valence-electron chi connectivity index (χ1n) is 14.7. The first-order chi connectivity index (χ1) is 17.3. The van der Waals surface area contributed by atoms with Gasteiger partial charge in [0.05, 0.1) is 11.0 Å². The Kier molecular flexibility index (Phi) is 9.56. The van der Waals surface area contributed by atoms with Crippen molar-refractivity contribution >= 4 is 17.5 Å². The number of hydrogen-bond donors (Lipinski definition) is 1. The molecule has 38 heavy (non-hydrogen) atoms. The standard InChI is InChI=1S/C33H53NO4/c1-11-13-29(4,5)15-17-31(8,28(37)38)18-16-30(6,7)33(10)14-12-25-23(3)27(36)24(21-34)20-32(25,9)26(33)19-22(2)35/h20,23,25-26H,11-19H2,1-10H3,(H,37,38)/t23-,25-,26+,31-,32-,33+/m0/s1. The Hall–Kier alpha value is -1.96. The van der Waals surface area contributed by atoms with E-state index in [4.69, 9.17) is 0 Å². The van der Waals surface area contributed by atoms with Crippen LogP contribution in [0.4, 0.5) is 0 Å². The van der Waals surface area contributed by atoms with Crippen molar-refractivity contribution in [2.75, 3.05) is 0 Å². The van der Waals surface area contributed by atoms with E-state index in [9.17, 15) is 24.8 Å². The van der Waals surface area contributed by atoms with Crippen LogP contribution in [0.2, 0.25) is 0 Å². The second-order valence-corrected chi connectivity index (χ2v) is 14.9. The molecule has 2 rings (SSSR count). The molecule has 0 amide bonds. The molecule has 0 aromatic rings. The fourth-order valence-corrected chi connectivity index (χ4v) is 7.95. The Labute approximate surface area is 231 Å². The average molecular weight is 528 g/mol. The molecule has 5 nitrogen and oxygen atoms in total. The fraction of sp³-hybridized carbons (Fsp3) is 0.818. The van der Waals surface area contributed by atoms with Gasteiger partial charge in [-0.3, -0.25) is 9.59 Å². The molecule has 0 aliphatic heterocycles. The van der Waals surface area contributed by atoms with Crippen molar-refractivity contribution in [1.82, 2.24) is 0 Å². The summed E-state index contributed by atoms with van der Waals surface area (Å²) in [5.41, 5.74) is -1.43. The van der Waals surface area contributed by atoms with E-state index in [1.54, 1.807) is 6.92 Å². The fourth-order valence-electron chi connectivity index (χ4n) is 7.95. The lowest BCUT2D eigenvalue weighted by atomic mass is 9.41. The van der Waals surface area contributed by atoms with Gasteiger partial charge >= 0.3 is 5.97 Å². The lowest BCUT2D eigenvalue weighted by Crippen LogP contribution is -2.57. The van der Waals surface area contributed by atoms with Crippen LogP contribution in [0.25, 0.3) is 0 Å². The van der Waals surface area contributed by atoms with E-state index in [0.29, 0.717) is 19.3 Å². The van der Waals surface area contributed by atoms with Gasteiger partial charge in [0.15, 0.2) is 5.78 Å². The van der Waals surface area contributed by atoms with Crippen LogP contribution < -0.4 is 0 Å². The highest BCUT2D eigenvalue weighted by Crippen LogP contribution is 2.66. The predicted octanol–water partition coefficient (Wildman–Crippen LogP) is 8.18. The molecular formula is C33H53NO4. The summed E-state index contributed by atoms with van der Waals surface area (Å²) in [6, 6.07) is 2.14. The number of nitriles is 1. The van der Waals surface area contributed by atoms with Gasteiger partial charge in [-0.1, -0.05) is 67.9 Å². The Bertz CT molecular complexity index is 1000. The highest BCUT2D eigenvalue weighted by Gasteiger charge is 2.61. The number of carbonyl (C=O) groups is 3. The summed E-state index contributed by atoms with van der Waals surface area (Å²) in [6.07, 6.45) is 9.01. The minimum atomic E-state index is -0.810. The summed E-state index contributed by atoms with van der Waals surface area (Å²) < 4.78 is 0. The summed E-state index contributed by atoms with van der Waals surface area (Å²) >= 11 is 0. The van der Waals surface area contributed by atoms with Crippen molar-refractivity contribution in [3.8, 4) is 6.07 Å². The zero-order chi connectivity index (χ0) is 29.3. The lowest BCUT2D eigenvalue weighted by molar-refractivity contribution is -0.152. The van der Waals surface area contributed by atoms with Crippen LogP contribution >= 0.6 is 0 Å². The van der Waals surface area contributed by atoms with E-state index < -0.39 is 16.8 Å². The van der Waals surface area contributed by atoms with Gasteiger partial charge in [-0.05, 0) is 92.3 Å². The molecule has 0 aromatic carbocycles. The molecule has 2 aliphatic carbocycles. The number of carboxylic acids is 1. The highest BCUT2D eigenvalue weighted by molar-refractivity contribution is 6.01. The van der Waals surface area contributed by atoms with E-state index in [2.05, 4.69) is 54.5 Å². The molecule has 6 atom stereocenters. The lowest BCUT2D eigenvalue weighted by Gasteiger charge is -2.62. The molecule has 2 aliphatic rings. The summed E-state index contributed by atoms with van der Waals surface area (Å²) in [6.45, 7) is 21.0. The highest BCUT2D eigenvalue weighted by atomic mass is 16.4. The second kappa shape index (κ2) is 11.3. The van der Waals surface area contributed by atoms with E-state index in [1.807, 2.05) is 19.9 Å². The number of aliphatic carboxylic acids is 1. The molecule has 0 radical (unpaired) electrons. The summed E-state index contributed by atoms with van der Waals surface area (Å²) in [4.78, 5) is 38.1. The molecule has 1 saturated carbocycles. The maximum atomic E-state index is 12.9. The van der Waals surface area contributed by atoms with Crippen LogP contribution in [0.1, 0.15) is 127 Å². The van der Waals surface area contributed by atoms with Gasteiger partial charge in [0.25, 0.3) is 0 Å². The Morgan fingerprint density at radius 1 is 1.08 bits per heavy atom. The van der Waals surface area contributed by atoms with Gasteiger partial charge in [0, 0.05) is 12.3 Å². The first kappa shape index (κ1) is 32.3. The van der Waals surface area contributed by atoms with Crippen LogP contribution in [-0.2, 0) is 14.4 Å². The predicted molar refractivity (Wildman–Crippen MR) is 152 cm³/mol. The van der Waals surface area contributed by atoms with E-state index in [-0.39, 0.29) is 51.1 Å². The molecule has 5 heteroatoms. The number of nitrogens with zero attached hydrogens (tertiary/aromatic N) is 1. The summed E-state index contributed by atoms with van der Waals surface area (Å²) in [5.74, 6) is -0.900. The normalized spacial score (nSPS) is 31.6. The van der Waals surface area contributed by atoms with Gasteiger partial charge in [-0.2, -0.15) is 5.26 Å². The zero-order valence-electron chi connectivity index (χ0n) is 25.8. The number of carboxylic acid groups (broad SMARTS) is 1. The van der Waals surface area contributed by atoms with Crippen molar-refractivity contribution in [3.05, 3.63) is 11.6 Å². The maximum absolute atomic E-state index is 12.9. The van der Waals surface area contributed by atoms with Crippen molar-refractivity contribution in [2.45, 2.75) is 127 Å². The van der Waals surface area contributed by atoms with Crippen molar-refractivity contribution in [1.29, 1.82) is 5.26 Å². The minimum Gasteiger partial charge on any atom is -0.481 e. The van der Waals surface area contributed by atoms with Crippen molar-refractivity contribution < 1.29 is 19.5 Å². The largest absolute Gasteiger partial charge is 0.481 e. The van der Waals surface area contributed by atoms with Crippen molar-refractivity contribution in [2.24, 2.45) is 44.8 Å². The molecule has 0 aromatic heterocycles. The first-order valence-corrected chi connectivity index (χ1v) is 14.7. The number of ketones is 2. The number of Topliss-reactive ketones (excluding diaryl/α,β-unsaturated/α-hetero) is 2. The van der Waals surface area contributed by atoms with Gasteiger partial charge in [-0.25, -0.2) is 0 Å². The molecule has 0 saturated heterocycles. The summed E-state index contributed by atoms with van der Waals surface area (Å²) in [7, 11) is 0. The number of allylic oxidation sites excluding steroid dienone is 2. The van der Waals surface area contributed by atoms with E-state index in [0.717, 1.165) is 38.5 Å². The Morgan fingerprint density at radius 2 is 1.66 bits per heavy atom. The number of carbonyl (C=O) groups excluding carboxylic acids is 2. The van der Waals surface area contributed by atoms with Gasteiger partial charge < -0.3 is 9.90 Å². The number of fused-ring (bicyclic) bond motifs is 1. The maximum Gasteiger partial charge on any atom is 0.309 e. The third-order valence-corrected chi connectivity index (χ3v) is 11.3. The third-order valence-electron chi connectivity index (χ3n) is 11.3. The Morgan fingerprint density at radius 3 is 2.16 bits per heavy atom. The topological polar surface area (TPSA) is 95.2 Å².